The number of benzene rings is 2. The highest BCUT2D eigenvalue weighted by atomic mass is 32.2. The number of hydrogen-bond donors (Lipinski definition) is 0. The monoisotopic (exact) mass is 378 g/mol. The van der Waals surface area contributed by atoms with E-state index in [0.29, 0.717) is 6.54 Å². The fourth-order valence-corrected chi connectivity index (χ4v) is 5.16. The van der Waals surface area contributed by atoms with Crippen molar-refractivity contribution in [3.8, 4) is 6.07 Å². The minimum Gasteiger partial charge on any atom is -0.276 e. The Hall–Kier alpha value is -2.95. The zero-order chi connectivity index (χ0) is 19.0. The summed E-state index contributed by atoms with van der Waals surface area (Å²) < 4.78 is 29.8. The maximum atomic E-state index is 13.3. The molecule has 6 nitrogen and oxygen atoms in total. The van der Waals surface area contributed by atoms with Gasteiger partial charge in [0.15, 0.2) is 0 Å². The molecule has 2 aromatic carbocycles. The summed E-state index contributed by atoms with van der Waals surface area (Å²) in [6.07, 6.45) is 3.70. The van der Waals surface area contributed by atoms with E-state index in [2.05, 4.69) is 5.10 Å². The summed E-state index contributed by atoms with van der Waals surface area (Å²) in [7, 11) is -1.95. The van der Waals surface area contributed by atoms with E-state index in [1.54, 1.807) is 23.0 Å². The SMILES string of the molecule is Cn1cc(C2CN(S(=O)(=O)c3ccccc3C#N)Cc3ccccc32)cn1. The van der Waals surface area contributed by atoms with E-state index in [-0.39, 0.29) is 22.9 Å². The molecule has 7 heteroatoms. The van der Waals surface area contributed by atoms with Gasteiger partial charge in [-0.15, -0.1) is 0 Å². The van der Waals surface area contributed by atoms with Crippen LogP contribution in [0.5, 0.6) is 0 Å². The topological polar surface area (TPSA) is 79.0 Å². The van der Waals surface area contributed by atoms with Crippen LogP contribution in [0.25, 0.3) is 0 Å². The molecule has 4 rings (SSSR count). The molecule has 0 N–H and O–H groups in total. The molecule has 2 heterocycles. The third-order valence-electron chi connectivity index (χ3n) is 4.92. The highest BCUT2D eigenvalue weighted by Crippen LogP contribution is 2.36. The fourth-order valence-electron chi connectivity index (χ4n) is 3.59. The smallest absolute Gasteiger partial charge is 0.244 e. The maximum absolute atomic E-state index is 13.3. The highest BCUT2D eigenvalue weighted by molar-refractivity contribution is 7.89. The number of aryl methyl sites for hydroxylation is 1. The summed E-state index contributed by atoms with van der Waals surface area (Å²) >= 11 is 0. The Balaban J connectivity index is 1.80. The molecule has 0 saturated carbocycles. The average molecular weight is 378 g/mol. The van der Waals surface area contributed by atoms with E-state index in [1.165, 1.54) is 16.4 Å². The molecule has 0 spiro atoms. The molecule has 0 amide bonds. The first-order valence-electron chi connectivity index (χ1n) is 8.56. The van der Waals surface area contributed by atoms with Gasteiger partial charge in [-0.2, -0.15) is 14.7 Å². The normalized spacial score (nSPS) is 17.3. The van der Waals surface area contributed by atoms with Crippen molar-refractivity contribution in [2.24, 2.45) is 7.05 Å². The van der Waals surface area contributed by atoms with Gasteiger partial charge in [0, 0.05) is 32.3 Å². The number of sulfonamides is 1. The lowest BCUT2D eigenvalue weighted by Gasteiger charge is -2.33. The van der Waals surface area contributed by atoms with Crippen molar-refractivity contribution in [1.29, 1.82) is 5.26 Å². The quantitative estimate of drug-likeness (QED) is 0.702. The second-order valence-corrected chi connectivity index (χ2v) is 8.51. The predicted molar refractivity (Wildman–Crippen MR) is 100 cm³/mol. The largest absolute Gasteiger partial charge is 0.276 e. The van der Waals surface area contributed by atoms with Crippen LogP contribution < -0.4 is 0 Å². The first-order valence-corrected chi connectivity index (χ1v) is 10.0. The summed E-state index contributed by atoms with van der Waals surface area (Å²) in [5, 5.41) is 13.6. The van der Waals surface area contributed by atoms with E-state index < -0.39 is 10.0 Å². The third kappa shape index (κ3) is 3.03. The van der Waals surface area contributed by atoms with E-state index in [1.807, 2.05) is 43.6 Å². The maximum Gasteiger partial charge on any atom is 0.244 e. The zero-order valence-corrected chi connectivity index (χ0v) is 15.6. The predicted octanol–water partition coefficient (Wildman–Crippen LogP) is 2.63. The van der Waals surface area contributed by atoms with Crippen molar-refractivity contribution in [2.75, 3.05) is 6.54 Å². The van der Waals surface area contributed by atoms with Gasteiger partial charge in [-0.1, -0.05) is 36.4 Å². The molecule has 0 aliphatic carbocycles. The van der Waals surface area contributed by atoms with E-state index in [0.717, 1.165) is 16.7 Å². The number of nitriles is 1. The first-order chi connectivity index (χ1) is 13.0. The minimum absolute atomic E-state index is 0.0526. The summed E-state index contributed by atoms with van der Waals surface area (Å²) in [5.41, 5.74) is 3.22. The minimum atomic E-state index is -3.80. The number of fused-ring (bicyclic) bond motifs is 1. The molecule has 1 unspecified atom stereocenters. The second-order valence-electron chi connectivity index (χ2n) is 6.60. The molecule has 136 valence electrons. The summed E-state index contributed by atoms with van der Waals surface area (Å²) in [4.78, 5) is 0.0526. The van der Waals surface area contributed by atoms with Crippen molar-refractivity contribution in [3.05, 3.63) is 83.2 Å². The number of aromatic nitrogens is 2. The third-order valence-corrected chi connectivity index (χ3v) is 6.79. The first kappa shape index (κ1) is 17.5. The molecule has 0 fully saturated rings. The summed E-state index contributed by atoms with van der Waals surface area (Å²) in [6, 6.07) is 16.2. The Labute approximate surface area is 158 Å². The van der Waals surface area contributed by atoms with E-state index >= 15 is 0 Å². The van der Waals surface area contributed by atoms with Crippen LogP contribution in [0.3, 0.4) is 0 Å². The Morgan fingerprint density at radius 2 is 1.89 bits per heavy atom. The molecule has 27 heavy (non-hydrogen) atoms. The second kappa shape index (κ2) is 6.65. The Morgan fingerprint density at radius 3 is 2.63 bits per heavy atom. The number of rotatable bonds is 3. The van der Waals surface area contributed by atoms with Gasteiger partial charge in [0.2, 0.25) is 10.0 Å². The molecule has 0 bridgehead atoms. The van der Waals surface area contributed by atoms with Crippen LogP contribution in [0.4, 0.5) is 0 Å². The molecule has 1 aliphatic rings. The molecular formula is C20H18N4O2S. The van der Waals surface area contributed by atoms with Crippen LogP contribution in [0, 0.1) is 11.3 Å². The van der Waals surface area contributed by atoms with Crippen molar-refractivity contribution in [2.45, 2.75) is 17.4 Å². The van der Waals surface area contributed by atoms with E-state index in [9.17, 15) is 13.7 Å². The summed E-state index contributed by atoms with van der Waals surface area (Å²) in [6.45, 7) is 0.597. The summed E-state index contributed by atoms with van der Waals surface area (Å²) in [5.74, 6) is -0.104. The molecule has 0 radical (unpaired) electrons. The van der Waals surface area contributed by atoms with Crippen LogP contribution in [-0.4, -0.2) is 29.0 Å². The van der Waals surface area contributed by atoms with Gasteiger partial charge in [-0.3, -0.25) is 4.68 Å². The van der Waals surface area contributed by atoms with Crippen LogP contribution in [0.2, 0.25) is 0 Å². The van der Waals surface area contributed by atoms with Gasteiger partial charge in [-0.05, 0) is 28.8 Å². The lowest BCUT2D eigenvalue weighted by atomic mass is 9.87. The van der Waals surface area contributed by atoms with Gasteiger partial charge in [-0.25, -0.2) is 8.42 Å². The van der Waals surface area contributed by atoms with Crippen molar-refractivity contribution in [3.63, 3.8) is 0 Å². The number of nitrogens with zero attached hydrogens (tertiary/aromatic N) is 4. The zero-order valence-electron chi connectivity index (χ0n) is 14.8. The van der Waals surface area contributed by atoms with Gasteiger partial charge in [0.1, 0.15) is 6.07 Å². The van der Waals surface area contributed by atoms with Gasteiger partial charge < -0.3 is 0 Å². The van der Waals surface area contributed by atoms with Gasteiger partial charge >= 0.3 is 0 Å². The Morgan fingerprint density at radius 1 is 1.15 bits per heavy atom. The highest BCUT2D eigenvalue weighted by Gasteiger charge is 2.35. The molecule has 0 saturated heterocycles. The van der Waals surface area contributed by atoms with Gasteiger partial charge in [0.25, 0.3) is 0 Å². The van der Waals surface area contributed by atoms with Crippen molar-refractivity contribution >= 4 is 10.0 Å². The molecule has 1 aromatic heterocycles. The standard InChI is InChI=1S/C20H18N4O2S/c1-23-12-17(11-22-23)19-14-24(13-16-7-2-4-8-18(16)19)27(25,26)20-9-5-3-6-15(20)10-21/h2-9,11-12,19H,13-14H2,1H3. The molecule has 1 aliphatic heterocycles. The van der Waals surface area contributed by atoms with Crippen LogP contribution in [0.15, 0.2) is 65.8 Å². The van der Waals surface area contributed by atoms with Crippen LogP contribution >= 0.6 is 0 Å². The average Bonchev–Trinajstić information content (AvgIpc) is 3.13. The van der Waals surface area contributed by atoms with Crippen molar-refractivity contribution in [1.82, 2.24) is 14.1 Å². The van der Waals surface area contributed by atoms with Crippen LogP contribution in [-0.2, 0) is 23.6 Å². The molecule has 3 aromatic rings. The lowest BCUT2D eigenvalue weighted by Crippen LogP contribution is -2.38. The number of hydrogen-bond acceptors (Lipinski definition) is 4. The molecular weight excluding hydrogens is 360 g/mol. The Bertz CT molecular complexity index is 1140. The fraction of sp³-hybridized carbons (Fsp3) is 0.200. The van der Waals surface area contributed by atoms with E-state index in [4.69, 9.17) is 0 Å². The molecule has 1 atom stereocenters. The Kier molecular flexibility index (Phi) is 4.30. The van der Waals surface area contributed by atoms with Gasteiger partial charge in [0.05, 0.1) is 16.7 Å². The van der Waals surface area contributed by atoms with Crippen molar-refractivity contribution < 1.29 is 8.42 Å². The van der Waals surface area contributed by atoms with Crippen LogP contribution in [0.1, 0.15) is 28.2 Å². The lowest BCUT2D eigenvalue weighted by molar-refractivity contribution is 0.371.